The summed E-state index contributed by atoms with van der Waals surface area (Å²) in [6.07, 6.45) is 8.17. The van der Waals surface area contributed by atoms with E-state index in [0.717, 1.165) is 55.7 Å². The van der Waals surface area contributed by atoms with Crippen LogP contribution in [0.25, 0.3) is 11.0 Å². The zero-order valence-electron chi connectivity index (χ0n) is 18.1. The Labute approximate surface area is 201 Å². The van der Waals surface area contributed by atoms with Crippen LogP contribution in [0.5, 0.6) is 0 Å². The van der Waals surface area contributed by atoms with Gasteiger partial charge in [0.1, 0.15) is 17.2 Å². The number of piperazine rings is 1. The standard InChI is InChI=1S/C22H27IN8O/c1-29(23)21(32)18-12-15-13-26-22(28-20(15)31(18)16-4-2-3-5-16)27-19-7-6-17(14-25-19)30-10-8-24-9-11-30/h6-7,12-14,16,24H,2-5,8-11H2,1H3,(H,25,26,27,28). The molecule has 32 heavy (non-hydrogen) atoms. The molecule has 1 amide bonds. The van der Waals surface area contributed by atoms with Crippen LogP contribution in [0.2, 0.25) is 0 Å². The third-order valence-corrected chi connectivity index (χ3v) is 6.67. The molecule has 0 atom stereocenters. The average Bonchev–Trinajstić information content (AvgIpc) is 3.47. The van der Waals surface area contributed by atoms with Crippen molar-refractivity contribution in [1.82, 2.24) is 27.9 Å². The second-order valence-electron chi connectivity index (χ2n) is 8.36. The first kappa shape index (κ1) is 21.4. The SMILES string of the molecule is CN(I)C(=O)c1cc2cnc(Nc3ccc(N4CCNCC4)cn3)nc2n1C1CCCC1. The molecule has 9 nitrogen and oxygen atoms in total. The molecule has 2 N–H and O–H groups in total. The number of nitrogens with zero attached hydrogens (tertiary/aromatic N) is 6. The summed E-state index contributed by atoms with van der Waals surface area (Å²) in [7, 11) is 1.77. The van der Waals surface area contributed by atoms with E-state index in [-0.39, 0.29) is 5.91 Å². The fourth-order valence-corrected chi connectivity index (χ4v) is 4.85. The Morgan fingerprint density at radius 3 is 2.66 bits per heavy atom. The van der Waals surface area contributed by atoms with E-state index >= 15 is 0 Å². The van der Waals surface area contributed by atoms with Crippen molar-refractivity contribution in [3.63, 3.8) is 0 Å². The van der Waals surface area contributed by atoms with Gasteiger partial charge in [0.05, 0.1) is 34.7 Å². The summed E-state index contributed by atoms with van der Waals surface area (Å²) in [5.74, 6) is 1.17. The predicted octanol–water partition coefficient (Wildman–Crippen LogP) is 3.52. The molecule has 1 saturated carbocycles. The van der Waals surface area contributed by atoms with Crippen LogP contribution in [-0.4, -0.2) is 61.8 Å². The number of anilines is 3. The zero-order chi connectivity index (χ0) is 22.1. The highest BCUT2D eigenvalue weighted by Gasteiger charge is 2.26. The molecule has 4 heterocycles. The fraction of sp³-hybridized carbons (Fsp3) is 0.455. The molecule has 0 unspecified atom stereocenters. The number of fused-ring (bicyclic) bond motifs is 1. The van der Waals surface area contributed by atoms with Gasteiger partial charge in [-0.15, -0.1) is 0 Å². The summed E-state index contributed by atoms with van der Waals surface area (Å²) in [4.78, 5) is 29.0. The maximum Gasteiger partial charge on any atom is 0.278 e. The van der Waals surface area contributed by atoms with Gasteiger partial charge in [0.2, 0.25) is 5.95 Å². The number of pyridine rings is 1. The lowest BCUT2D eigenvalue weighted by atomic mass is 10.2. The summed E-state index contributed by atoms with van der Waals surface area (Å²) >= 11 is 2.02. The Hall–Kier alpha value is -2.47. The van der Waals surface area contributed by atoms with Crippen molar-refractivity contribution in [2.75, 3.05) is 43.4 Å². The van der Waals surface area contributed by atoms with Crippen LogP contribution in [-0.2, 0) is 0 Å². The molecular formula is C22H27IN8O. The van der Waals surface area contributed by atoms with Crippen LogP contribution in [0.1, 0.15) is 42.2 Å². The Balaban J connectivity index is 1.43. The molecule has 5 rings (SSSR count). The number of rotatable bonds is 5. The van der Waals surface area contributed by atoms with Gasteiger partial charge >= 0.3 is 0 Å². The number of amides is 1. The number of aromatic nitrogens is 4. The first-order valence-corrected chi connectivity index (χ1v) is 12.1. The molecule has 2 fully saturated rings. The monoisotopic (exact) mass is 546 g/mol. The molecule has 168 valence electrons. The third kappa shape index (κ3) is 4.25. The van der Waals surface area contributed by atoms with Crippen molar-refractivity contribution < 1.29 is 4.79 Å². The molecule has 0 radical (unpaired) electrons. The van der Waals surface area contributed by atoms with E-state index in [2.05, 4.69) is 36.1 Å². The number of hydrogen-bond donors (Lipinski definition) is 2. The van der Waals surface area contributed by atoms with Gasteiger partial charge in [-0.25, -0.2) is 9.97 Å². The summed E-state index contributed by atoms with van der Waals surface area (Å²) in [6, 6.07) is 6.24. The molecule has 0 bridgehead atoms. The summed E-state index contributed by atoms with van der Waals surface area (Å²) in [5, 5.41) is 7.48. The van der Waals surface area contributed by atoms with Crippen LogP contribution < -0.4 is 15.5 Å². The number of carbonyl (C=O) groups is 1. The highest BCUT2D eigenvalue weighted by molar-refractivity contribution is 14.1. The lowest BCUT2D eigenvalue weighted by Gasteiger charge is -2.29. The Kier molecular flexibility index (Phi) is 6.13. The van der Waals surface area contributed by atoms with E-state index in [0.29, 0.717) is 23.5 Å². The largest absolute Gasteiger partial charge is 0.368 e. The average molecular weight is 546 g/mol. The van der Waals surface area contributed by atoms with Crippen molar-refractivity contribution in [3.8, 4) is 0 Å². The number of carbonyl (C=O) groups excluding carboxylic acids is 1. The van der Waals surface area contributed by atoms with Gasteiger partial charge in [0.15, 0.2) is 0 Å². The highest BCUT2D eigenvalue weighted by atomic mass is 127. The van der Waals surface area contributed by atoms with Crippen molar-refractivity contribution in [3.05, 3.63) is 36.3 Å². The molecule has 1 saturated heterocycles. The highest BCUT2D eigenvalue weighted by Crippen LogP contribution is 2.35. The van der Waals surface area contributed by atoms with Gasteiger partial charge in [0, 0.05) is 50.9 Å². The van der Waals surface area contributed by atoms with Crippen molar-refractivity contribution in [2.45, 2.75) is 31.7 Å². The molecule has 1 aliphatic carbocycles. The lowest BCUT2D eigenvalue weighted by Crippen LogP contribution is -2.43. The summed E-state index contributed by atoms with van der Waals surface area (Å²) < 4.78 is 3.71. The van der Waals surface area contributed by atoms with Crippen molar-refractivity contribution in [1.29, 1.82) is 0 Å². The maximum atomic E-state index is 12.8. The predicted molar refractivity (Wildman–Crippen MR) is 134 cm³/mol. The second kappa shape index (κ2) is 9.18. The minimum absolute atomic E-state index is 0.0184. The molecule has 10 heteroatoms. The first-order valence-electron chi connectivity index (χ1n) is 11.1. The van der Waals surface area contributed by atoms with Crippen molar-refractivity contribution >= 4 is 57.3 Å². The van der Waals surface area contributed by atoms with Gasteiger partial charge in [-0.3, -0.25) is 7.91 Å². The molecular weight excluding hydrogens is 519 g/mol. The molecule has 3 aromatic rings. The minimum atomic E-state index is -0.0184. The zero-order valence-corrected chi connectivity index (χ0v) is 20.2. The summed E-state index contributed by atoms with van der Waals surface area (Å²) in [5.41, 5.74) is 2.59. The van der Waals surface area contributed by atoms with Crippen molar-refractivity contribution in [2.24, 2.45) is 0 Å². The topological polar surface area (TPSA) is 91.2 Å². The van der Waals surface area contributed by atoms with Gasteiger partial charge in [-0.1, -0.05) is 12.8 Å². The number of halogens is 1. The van der Waals surface area contributed by atoms with E-state index in [9.17, 15) is 4.79 Å². The van der Waals surface area contributed by atoms with Gasteiger partial charge < -0.3 is 20.1 Å². The first-order chi connectivity index (χ1) is 15.6. The molecule has 0 aromatic carbocycles. The van der Waals surface area contributed by atoms with Gasteiger partial charge in [0.25, 0.3) is 5.91 Å². The lowest BCUT2D eigenvalue weighted by molar-refractivity contribution is 0.0894. The summed E-state index contributed by atoms with van der Waals surface area (Å²) in [6.45, 7) is 3.96. The van der Waals surface area contributed by atoms with E-state index in [1.54, 1.807) is 16.4 Å². The number of nitrogens with one attached hydrogen (secondary N) is 2. The van der Waals surface area contributed by atoms with Gasteiger partial charge in [-0.2, -0.15) is 4.98 Å². The van der Waals surface area contributed by atoms with Crippen LogP contribution >= 0.6 is 22.9 Å². The minimum Gasteiger partial charge on any atom is -0.368 e. The molecule has 3 aromatic heterocycles. The quantitative estimate of drug-likeness (QED) is 0.374. The fourth-order valence-electron chi connectivity index (χ4n) is 4.61. The Morgan fingerprint density at radius 1 is 1.19 bits per heavy atom. The van der Waals surface area contributed by atoms with Crippen LogP contribution in [0.4, 0.5) is 17.5 Å². The third-order valence-electron chi connectivity index (χ3n) is 6.23. The normalized spacial score (nSPS) is 17.1. The Bertz CT molecular complexity index is 1100. The smallest absolute Gasteiger partial charge is 0.278 e. The molecule has 0 spiro atoms. The van der Waals surface area contributed by atoms with E-state index < -0.39 is 0 Å². The van der Waals surface area contributed by atoms with E-state index in [4.69, 9.17) is 4.98 Å². The van der Waals surface area contributed by atoms with Crippen LogP contribution in [0.3, 0.4) is 0 Å². The Morgan fingerprint density at radius 2 is 1.97 bits per heavy atom. The second-order valence-corrected chi connectivity index (χ2v) is 9.80. The number of hydrogen-bond acceptors (Lipinski definition) is 7. The molecule has 2 aliphatic rings. The van der Waals surface area contributed by atoms with Crippen LogP contribution in [0, 0.1) is 0 Å². The van der Waals surface area contributed by atoms with Gasteiger partial charge in [-0.05, 0) is 31.0 Å². The molecule has 1 aliphatic heterocycles. The van der Waals surface area contributed by atoms with Crippen LogP contribution in [0.15, 0.2) is 30.6 Å². The van der Waals surface area contributed by atoms with E-state index in [1.165, 1.54) is 12.8 Å². The maximum absolute atomic E-state index is 12.8. The van der Waals surface area contributed by atoms with E-state index in [1.807, 2.05) is 41.2 Å².